The van der Waals surface area contributed by atoms with Crippen molar-refractivity contribution in [3.8, 4) is 0 Å². The summed E-state index contributed by atoms with van der Waals surface area (Å²) >= 11 is 0. The van der Waals surface area contributed by atoms with Crippen LogP contribution in [0.3, 0.4) is 0 Å². The number of hydrogen-bond acceptors (Lipinski definition) is 4. The van der Waals surface area contributed by atoms with Crippen molar-refractivity contribution in [1.82, 2.24) is 15.1 Å². The number of unbranched alkanes of at least 4 members (excludes halogenated alkanes) is 2. The van der Waals surface area contributed by atoms with Crippen molar-refractivity contribution in [3.05, 3.63) is 35.4 Å². The van der Waals surface area contributed by atoms with Gasteiger partial charge in [-0.05, 0) is 30.5 Å². The molecule has 2 aliphatic rings. The molecule has 0 saturated carbocycles. The van der Waals surface area contributed by atoms with Gasteiger partial charge in [-0.15, -0.1) is 0 Å². The molecule has 2 N–H and O–H groups in total. The van der Waals surface area contributed by atoms with E-state index in [-0.39, 0.29) is 6.03 Å². The van der Waals surface area contributed by atoms with E-state index < -0.39 is 6.10 Å². The average Bonchev–Trinajstić information content (AvgIpc) is 2.65. The quantitative estimate of drug-likeness (QED) is 0.770. The van der Waals surface area contributed by atoms with Crippen LogP contribution in [0.5, 0.6) is 0 Å². The third kappa shape index (κ3) is 5.17. The summed E-state index contributed by atoms with van der Waals surface area (Å²) in [6, 6.07) is 7.70. The van der Waals surface area contributed by atoms with Crippen molar-refractivity contribution in [3.63, 3.8) is 0 Å². The fraction of sp³-hybridized carbons (Fsp3) is 0.632. The fourth-order valence-corrected chi connectivity index (χ4v) is 3.50. The highest BCUT2D eigenvalue weighted by molar-refractivity contribution is 5.74. The smallest absolute Gasteiger partial charge is 0.317 e. The summed E-state index contributed by atoms with van der Waals surface area (Å²) in [4.78, 5) is 16.4. The van der Waals surface area contributed by atoms with Gasteiger partial charge < -0.3 is 20.1 Å². The molecule has 0 radical (unpaired) electrons. The third-order valence-corrected chi connectivity index (χ3v) is 4.99. The molecule has 138 valence electrons. The van der Waals surface area contributed by atoms with Gasteiger partial charge in [-0.2, -0.15) is 0 Å². The number of fused-ring (bicyclic) bond motifs is 1. The van der Waals surface area contributed by atoms with Crippen molar-refractivity contribution in [2.45, 2.75) is 31.9 Å². The number of urea groups is 1. The lowest BCUT2D eigenvalue weighted by Crippen LogP contribution is -2.44. The number of ether oxygens (including phenoxy) is 1. The molecule has 1 fully saturated rings. The van der Waals surface area contributed by atoms with Gasteiger partial charge in [0.2, 0.25) is 0 Å². The fourth-order valence-electron chi connectivity index (χ4n) is 3.50. The molecular weight excluding hydrogens is 318 g/mol. The predicted molar refractivity (Wildman–Crippen MR) is 96.3 cm³/mol. The summed E-state index contributed by atoms with van der Waals surface area (Å²) in [5.74, 6) is 0. The summed E-state index contributed by atoms with van der Waals surface area (Å²) < 4.78 is 5.35. The lowest BCUT2D eigenvalue weighted by Gasteiger charge is -2.32. The highest BCUT2D eigenvalue weighted by Crippen LogP contribution is 2.25. The summed E-state index contributed by atoms with van der Waals surface area (Å²) in [7, 11) is 0. The van der Waals surface area contributed by atoms with E-state index in [4.69, 9.17) is 4.74 Å². The zero-order chi connectivity index (χ0) is 17.5. The second-order valence-corrected chi connectivity index (χ2v) is 6.84. The molecule has 1 saturated heterocycles. The van der Waals surface area contributed by atoms with E-state index in [9.17, 15) is 9.90 Å². The standard InChI is InChI=1S/C19H29N3O3/c23-18-15-22(14-16-6-2-3-7-17(16)18)19(24)20-8-4-1-5-9-21-10-12-25-13-11-21/h2-3,6-7,18,23H,1,4-5,8-15H2,(H,20,24)/t18-/m1/s1. The van der Waals surface area contributed by atoms with E-state index in [2.05, 4.69) is 10.2 Å². The minimum absolute atomic E-state index is 0.0817. The van der Waals surface area contributed by atoms with E-state index in [0.29, 0.717) is 19.6 Å². The predicted octanol–water partition coefficient (Wildman–Crippen LogP) is 1.75. The first-order valence-corrected chi connectivity index (χ1v) is 9.33. The second-order valence-electron chi connectivity index (χ2n) is 6.84. The molecule has 6 nitrogen and oxygen atoms in total. The molecule has 2 aliphatic heterocycles. The van der Waals surface area contributed by atoms with Gasteiger partial charge in [0.1, 0.15) is 0 Å². The largest absolute Gasteiger partial charge is 0.387 e. The van der Waals surface area contributed by atoms with Crippen LogP contribution in [-0.4, -0.2) is 66.9 Å². The Morgan fingerprint density at radius 2 is 2.00 bits per heavy atom. The minimum atomic E-state index is -0.593. The molecule has 6 heteroatoms. The maximum Gasteiger partial charge on any atom is 0.317 e. The normalized spacial score (nSPS) is 21.0. The van der Waals surface area contributed by atoms with Gasteiger partial charge in [0.25, 0.3) is 0 Å². The van der Waals surface area contributed by atoms with E-state index in [1.54, 1.807) is 4.90 Å². The van der Waals surface area contributed by atoms with Crippen molar-refractivity contribution < 1.29 is 14.6 Å². The lowest BCUT2D eigenvalue weighted by molar-refractivity contribution is 0.0371. The number of aliphatic hydroxyl groups is 1. The lowest BCUT2D eigenvalue weighted by atomic mass is 9.98. The molecule has 1 aromatic carbocycles. The number of hydrogen-bond donors (Lipinski definition) is 2. The minimum Gasteiger partial charge on any atom is -0.387 e. The van der Waals surface area contributed by atoms with Crippen molar-refractivity contribution >= 4 is 6.03 Å². The number of nitrogens with one attached hydrogen (secondary N) is 1. The Morgan fingerprint density at radius 1 is 1.20 bits per heavy atom. The van der Waals surface area contributed by atoms with Crippen molar-refractivity contribution in [1.29, 1.82) is 0 Å². The molecule has 2 heterocycles. The van der Waals surface area contributed by atoms with Gasteiger partial charge in [0.05, 0.1) is 25.9 Å². The van der Waals surface area contributed by atoms with Crippen LogP contribution in [0.2, 0.25) is 0 Å². The maximum absolute atomic E-state index is 12.3. The Balaban J connectivity index is 1.32. The topological polar surface area (TPSA) is 65.0 Å². The monoisotopic (exact) mass is 347 g/mol. The Bertz CT molecular complexity index is 561. The van der Waals surface area contributed by atoms with Crippen LogP contribution in [-0.2, 0) is 11.3 Å². The number of benzene rings is 1. The molecule has 1 atom stereocenters. The maximum atomic E-state index is 12.3. The number of rotatable bonds is 6. The first-order chi connectivity index (χ1) is 12.2. The number of carbonyl (C=O) groups is 1. The zero-order valence-electron chi connectivity index (χ0n) is 14.8. The molecule has 1 aromatic rings. The molecule has 25 heavy (non-hydrogen) atoms. The molecule has 0 aromatic heterocycles. The van der Waals surface area contributed by atoms with Crippen molar-refractivity contribution in [2.24, 2.45) is 0 Å². The van der Waals surface area contributed by atoms with Crippen LogP contribution < -0.4 is 5.32 Å². The number of morpholine rings is 1. The van der Waals surface area contributed by atoms with E-state index >= 15 is 0 Å². The highest BCUT2D eigenvalue weighted by Gasteiger charge is 2.26. The number of aliphatic hydroxyl groups excluding tert-OH is 1. The summed E-state index contributed by atoms with van der Waals surface area (Å²) in [5.41, 5.74) is 1.97. The van der Waals surface area contributed by atoms with Crippen LogP contribution in [0.15, 0.2) is 24.3 Å². The molecule has 3 rings (SSSR count). The molecule has 0 aliphatic carbocycles. The van der Waals surface area contributed by atoms with Gasteiger partial charge in [-0.25, -0.2) is 4.79 Å². The Morgan fingerprint density at radius 3 is 2.84 bits per heavy atom. The van der Waals surface area contributed by atoms with E-state index in [0.717, 1.165) is 63.2 Å². The first-order valence-electron chi connectivity index (χ1n) is 9.33. The van der Waals surface area contributed by atoms with Gasteiger partial charge in [-0.1, -0.05) is 30.7 Å². The van der Waals surface area contributed by atoms with Gasteiger partial charge in [0, 0.05) is 26.2 Å². The summed E-state index contributed by atoms with van der Waals surface area (Å²) in [5, 5.41) is 13.2. The molecule has 0 spiro atoms. The highest BCUT2D eigenvalue weighted by atomic mass is 16.5. The van der Waals surface area contributed by atoms with Gasteiger partial charge in [0.15, 0.2) is 0 Å². The van der Waals surface area contributed by atoms with Crippen LogP contribution >= 0.6 is 0 Å². The van der Waals surface area contributed by atoms with Crippen LogP contribution in [0.4, 0.5) is 4.79 Å². The number of carbonyl (C=O) groups excluding carboxylic acids is 1. The average molecular weight is 347 g/mol. The first kappa shape index (κ1) is 18.2. The van der Waals surface area contributed by atoms with Crippen molar-refractivity contribution in [2.75, 3.05) is 45.9 Å². The Kier molecular flexibility index (Phi) is 6.67. The number of nitrogens with zero attached hydrogens (tertiary/aromatic N) is 2. The molecule has 0 unspecified atom stereocenters. The summed E-state index contributed by atoms with van der Waals surface area (Å²) in [6.45, 7) is 6.51. The zero-order valence-corrected chi connectivity index (χ0v) is 14.8. The third-order valence-electron chi connectivity index (χ3n) is 4.99. The molecular formula is C19H29N3O3. The molecule has 0 bridgehead atoms. The van der Waals surface area contributed by atoms with Gasteiger partial charge >= 0.3 is 6.03 Å². The number of amides is 2. The van der Waals surface area contributed by atoms with Crippen LogP contribution in [0.1, 0.15) is 36.5 Å². The van der Waals surface area contributed by atoms with Crippen LogP contribution in [0.25, 0.3) is 0 Å². The van der Waals surface area contributed by atoms with E-state index in [1.807, 2.05) is 24.3 Å². The SMILES string of the molecule is O=C(NCCCCCN1CCOCC1)N1Cc2ccccc2[C@H](O)C1. The second kappa shape index (κ2) is 9.17. The Labute approximate surface area is 149 Å². The van der Waals surface area contributed by atoms with E-state index in [1.165, 1.54) is 0 Å². The Hall–Kier alpha value is -1.63. The van der Waals surface area contributed by atoms with Gasteiger partial charge in [-0.3, -0.25) is 4.90 Å². The molecule has 2 amide bonds. The van der Waals surface area contributed by atoms with Crippen LogP contribution in [0, 0.1) is 0 Å². The summed E-state index contributed by atoms with van der Waals surface area (Å²) in [6.07, 6.45) is 2.67. The number of β-amino-alcohol motifs (C(OH)–C–C–N with tert-alkyl or cyclic N) is 1.